The summed E-state index contributed by atoms with van der Waals surface area (Å²) in [5.41, 5.74) is 0.327. The Bertz CT molecular complexity index is 556. The Balaban J connectivity index is 2.74. The molecule has 0 saturated heterocycles. The van der Waals surface area contributed by atoms with Crippen molar-refractivity contribution in [1.82, 2.24) is 4.72 Å². The molecule has 0 unspecified atom stereocenters. The van der Waals surface area contributed by atoms with Gasteiger partial charge in [0.05, 0.1) is 15.7 Å². The van der Waals surface area contributed by atoms with Crippen LogP contribution in [0.15, 0.2) is 17.0 Å². The number of thiocarbonyl (C=S) groups is 1. The van der Waals surface area contributed by atoms with Gasteiger partial charge in [-0.25, -0.2) is 8.42 Å². The molecule has 0 amide bonds. The lowest BCUT2D eigenvalue weighted by Crippen LogP contribution is -2.39. The van der Waals surface area contributed by atoms with E-state index in [1.807, 2.05) is 0 Å². The highest BCUT2D eigenvalue weighted by Crippen LogP contribution is 2.33. The molecule has 1 aromatic rings. The molecular formula is C7H4Cl2N2O2S2. The van der Waals surface area contributed by atoms with E-state index in [2.05, 4.69) is 10.0 Å². The minimum Gasteiger partial charge on any atom is -0.331 e. The van der Waals surface area contributed by atoms with Crippen molar-refractivity contribution >= 4 is 56.2 Å². The van der Waals surface area contributed by atoms with E-state index in [4.69, 9.17) is 35.4 Å². The summed E-state index contributed by atoms with van der Waals surface area (Å²) in [6, 6.07) is 2.69. The van der Waals surface area contributed by atoms with Gasteiger partial charge in [-0.05, 0) is 24.4 Å². The second-order valence-corrected chi connectivity index (χ2v) is 5.70. The third-order valence-electron chi connectivity index (χ3n) is 1.79. The summed E-state index contributed by atoms with van der Waals surface area (Å²) in [7, 11) is -3.63. The highest BCUT2D eigenvalue weighted by molar-refractivity contribution is 7.92. The van der Waals surface area contributed by atoms with Gasteiger partial charge in [-0.15, -0.1) is 0 Å². The Morgan fingerprint density at radius 3 is 2.47 bits per heavy atom. The third kappa shape index (κ3) is 1.90. The average molecular weight is 283 g/mol. The van der Waals surface area contributed by atoms with E-state index in [1.54, 1.807) is 0 Å². The number of sulfonamides is 1. The molecule has 0 atom stereocenters. The zero-order chi connectivity index (χ0) is 11.2. The van der Waals surface area contributed by atoms with Crippen LogP contribution >= 0.6 is 35.4 Å². The fraction of sp³-hybridized carbons (Fsp3) is 0. The predicted molar refractivity (Wildman–Crippen MR) is 63.0 cm³/mol. The minimum atomic E-state index is -3.63. The summed E-state index contributed by atoms with van der Waals surface area (Å²) in [6.45, 7) is 0. The quantitative estimate of drug-likeness (QED) is 0.715. The first-order chi connectivity index (χ1) is 6.90. The fourth-order valence-corrected chi connectivity index (χ4v) is 3.08. The molecule has 80 valence electrons. The zero-order valence-electron chi connectivity index (χ0n) is 7.04. The first kappa shape index (κ1) is 10.9. The molecule has 1 aromatic carbocycles. The van der Waals surface area contributed by atoms with E-state index in [-0.39, 0.29) is 20.1 Å². The van der Waals surface area contributed by atoms with Crippen LogP contribution in [0.25, 0.3) is 0 Å². The van der Waals surface area contributed by atoms with Gasteiger partial charge in [-0.1, -0.05) is 23.2 Å². The van der Waals surface area contributed by atoms with Crippen molar-refractivity contribution < 1.29 is 8.42 Å². The fourth-order valence-electron chi connectivity index (χ4n) is 1.17. The van der Waals surface area contributed by atoms with Crippen molar-refractivity contribution in [3.8, 4) is 0 Å². The number of hydrogen-bond acceptors (Lipinski definition) is 3. The van der Waals surface area contributed by atoms with Gasteiger partial charge in [0.25, 0.3) is 10.0 Å². The highest BCUT2D eigenvalue weighted by atomic mass is 35.5. The van der Waals surface area contributed by atoms with Crippen molar-refractivity contribution in [3.63, 3.8) is 0 Å². The largest absolute Gasteiger partial charge is 0.331 e. The Morgan fingerprint density at radius 2 is 1.80 bits per heavy atom. The molecule has 0 fully saturated rings. The SMILES string of the molecule is O=S1(=O)NC(=S)Nc2cc(Cl)c(Cl)cc21. The Hall–Kier alpha value is -0.560. The summed E-state index contributed by atoms with van der Waals surface area (Å²) in [5, 5.41) is 3.14. The maximum Gasteiger partial charge on any atom is 0.265 e. The zero-order valence-corrected chi connectivity index (χ0v) is 10.2. The second kappa shape index (κ2) is 3.48. The average Bonchev–Trinajstić information content (AvgIpc) is 2.07. The van der Waals surface area contributed by atoms with Crippen LogP contribution < -0.4 is 10.0 Å². The number of rotatable bonds is 0. The van der Waals surface area contributed by atoms with Gasteiger partial charge in [0.15, 0.2) is 5.11 Å². The van der Waals surface area contributed by atoms with Crippen LogP contribution in [-0.4, -0.2) is 13.5 Å². The number of anilines is 1. The van der Waals surface area contributed by atoms with Crippen molar-refractivity contribution in [1.29, 1.82) is 0 Å². The normalized spacial score (nSPS) is 17.6. The maximum atomic E-state index is 11.6. The monoisotopic (exact) mass is 282 g/mol. The molecule has 4 nitrogen and oxygen atoms in total. The lowest BCUT2D eigenvalue weighted by Gasteiger charge is -2.20. The number of nitrogens with one attached hydrogen (secondary N) is 2. The molecule has 0 aromatic heterocycles. The van der Waals surface area contributed by atoms with E-state index in [0.717, 1.165) is 0 Å². The molecule has 15 heavy (non-hydrogen) atoms. The van der Waals surface area contributed by atoms with Crippen LogP contribution in [0.2, 0.25) is 10.0 Å². The number of halogens is 2. The number of hydrogen-bond donors (Lipinski definition) is 2. The van der Waals surface area contributed by atoms with Gasteiger partial charge in [-0.3, -0.25) is 4.72 Å². The molecule has 8 heteroatoms. The molecule has 0 spiro atoms. The molecule has 1 aliphatic heterocycles. The van der Waals surface area contributed by atoms with Crippen LogP contribution in [0, 0.1) is 0 Å². The molecule has 2 N–H and O–H groups in total. The summed E-state index contributed by atoms with van der Waals surface area (Å²) in [6.07, 6.45) is 0. The summed E-state index contributed by atoms with van der Waals surface area (Å²) in [5.74, 6) is 0. The van der Waals surface area contributed by atoms with Crippen molar-refractivity contribution in [2.24, 2.45) is 0 Å². The molecular weight excluding hydrogens is 279 g/mol. The van der Waals surface area contributed by atoms with Gasteiger partial charge in [0, 0.05) is 0 Å². The van der Waals surface area contributed by atoms with Gasteiger partial charge in [-0.2, -0.15) is 0 Å². The van der Waals surface area contributed by atoms with Gasteiger partial charge in [0.1, 0.15) is 4.90 Å². The standard InChI is InChI=1S/C7H4Cl2N2O2S2/c8-3-1-5-6(2-4(3)9)15(12,13)11-7(14)10-5/h1-2H,(H2,10,11,14). The summed E-state index contributed by atoms with van der Waals surface area (Å²) >= 11 is 16.2. The minimum absolute atomic E-state index is 0.0147. The number of fused-ring (bicyclic) bond motifs is 1. The Labute approximate surface area is 102 Å². The summed E-state index contributed by atoms with van der Waals surface area (Å²) in [4.78, 5) is 0.0329. The topological polar surface area (TPSA) is 58.2 Å². The van der Waals surface area contributed by atoms with E-state index < -0.39 is 10.0 Å². The third-order valence-corrected chi connectivity index (χ3v) is 4.23. The Morgan fingerprint density at radius 1 is 1.20 bits per heavy atom. The van der Waals surface area contributed by atoms with Gasteiger partial charge in [0.2, 0.25) is 0 Å². The maximum absolute atomic E-state index is 11.6. The van der Waals surface area contributed by atoms with Crippen molar-refractivity contribution in [2.75, 3.05) is 5.32 Å². The smallest absolute Gasteiger partial charge is 0.265 e. The molecule has 0 saturated carbocycles. The highest BCUT2D eigenvalue weighted by Gasteiger charge is 2.26. The van der Waals surface area contributed by atoms with Crippen molar-refractivity contribution in [3.05, 3.63) is 22.2 Å². The molecule has 0 radical (unpaired) electrons. The first-order valence-corrected chi connectivity index (χ1v) is 6.38. The van der Waals surface area contributed by atoms with Crippen LogP contribution in [0.5, 0.6) is 0 Å². The van der Waals surface area contributed by atoms with Gasteiger partial charge >= 0.3 is 0 Å². The van der Waals surface area contributed by atoms with Gasteiger partial charge < -0.3 is 5.32 Å². The van der Waals surface area contributed by atoms with E-state index >= 15 is 0 Å². The molecule has 0 aliphatic carbocycles. The van der Waals surface area contributed by atoms with Crippen LogP contribution in [0.1, 0.15) is 0 Å². The summed E-state index contributed by atoms with van der Waals surface area (Å²) < 4.78 is 25.4. The predicted octanol–water partition coefficient (Wildman–Crippen LogP) is 1.98. The van der Waals surface area contributed by atoms with Crippen LogP contribution in [0.4, 0.5) is 5.69 Å². The number of benzene rings is 1. The molecule has 0 bridgehead atoms. The van der Waals surface area contributed by atoms with Crippen LogP contribution in [-0.2, 0) is 10.0 Å². The van der Waals surface area contributed by atoms with E-state index in [0.29, 0.717) is 5.69 Å². The molecule has 1 heterocycles. The molecule has 1 aliphatic rings. The van der Waals surface area contributed by atoms with E-state index in [9.17, 15) is 8.42 Å². The van der Waals surface area contributed by atoms with E-state index in [1.165, 1.54) is 12.1 Å². The molecule has 2 rings (SSSR count). The second-order valence-electron chi connectivity index (χ2n) is 2.82. The lowest BCUT2D eigenvalue weighted by molar-refractivity contribution is 0.592. The van der Waals surface area contributed by atoms with Crippen LogP contribution in [0.3, 0.4) is 0 Å². The van der Waals surface area contributed by atoms with Crippen molar-refractivity contribution in [2.45, 2.75) is 4.90 Å². The Kier molecular flexibility index (Phi) is 2.54. The first-order valence-electron chi connectivity index (χ1n) is 3.73. The lowest BCUT2D eigenvalue weighted by atomic mass is 10.3.